The molecule has 0 amide bonds. The molecule has 4 rings (SSSR count). The van der Waals surface area contributed by atoms with Crippen LogP contribution in [0.5, 0.6) is 23.0 Å². The minimum atomic E-state index is -0.104. The summed E-state index contributed by atoms with van der Waals surface area (Å²) in [4.78, 5) is 15.4. The largest absolute Gasteiger partial charge is 0.497 e. The Hall–Kier alpha value is -2.99. The zero-order valence-corrected chi connectivity index (χ0v) is 16.3. The van der Waals surface area contributed by atoms with Gasteiger partial charge in [-0.25, -0.2) is 0 Å². The van der Waals surface area contributed by atoms with E-state index in [-0.39, 0.29) is 12.6 Å². The van der Waals surface area contributed by atoms with Crippen LogP contribution >= 0.6 is 0 Å². The molecule has 2 aromatic carbocycles. The number of ether oxygens (including phenoxy) is 4. The van der Waals surface area contributed by atoms with Crippen molar-refractivity contribution in [1.29, 1.82) is 0 Å². The second-order valence-corrected chi connectivity index (χ2v) is 6.89. The van der Waals surface area contributed by atoms with Gasteiger partial charge in [0, 0.05) is 18.7 Å². The van der Waals surface area contributed by atoms with Gasteiger partial charge in [-0.15, -0.1) is 0 Å². The molecule has 0 saturated carbocycles. The van der Waals surface area contributed by atoms with E-state index in [1.54, 1.807) is 26.4 Å². The summed E-state index contributed by atoms with van der Waals surface area (Å²) >= 11 is 0. The van der Waals surface area contributed by atoms with Gasteiger partial charge in [0.05, 0.1) is 19.8 Å². The van der Waals surface area contributed by atoms with Crippen LogP contribution in [0.4, 0.5) is 0 Å². The minimum absolute atomic E-state index is 0.0876. The lowest BCUT2D eigenvalue weighted by Gasteiger charge is -2.28. The summed E-state index contributed by atoms with van der Waals surface area (Å²) in [6, 6.07) is 7.57. The summed E-state index contributed by atoms with van der Waals surface area (Å²) in [6.45, 7) is 1.66. The molecule has 0 atom stereocenters. The molecule has 0 saturated heterocycles. The van der Waals surface area contributed by atoms with Gasteiger partial charge in [0.1, 0.15) is 5.75 Å². The Morgan fingerprint density at radius 2 is 1.96 bits per heavy atom. The molecule has 6 nitrogen and oxygen atoms in total. The van der Waals surface area contributed by atoms with Crippen molar-refractivity contribution in [2.75, 3.05) is 34.6 Å². The molecular weight excluding hydrogens is 358 g/mol. The summed E-state index contributed by atoms with van der Waals surface area (Å²) in [5.74, 6) is 2.32. The number of carbonyl (C=O) groups excluding carboxylic acids is 1. The predicted octanol–water partition coefficient (Wildman–Crippen LogP) is 3.32. The third kappa shape index (κ3) is 3.20. The van der Waals surface area contributed by atoms with E-state index in [0.29, 0.717) is 29.4 Å². The van der Waals surface area contributed by atoms with Crippen molar-refractivity contribution in [3.8, 4) is 23.0 Å². The maximum atomic E-state index is 13.2. The van der Waals surface area contributed by atoms with Crippen LogP contribution in [0.15, 0.2) is 30.3 Å². The quantitative estimate of drug-likeness (QED) is 0.585. The standard InChI is InChI=1S/C22H23NO5/c1-23-10-9-16-17(12-23)20(26-3)22-21(27-13-28-22)19(16)18(24)8-7-14-5-4-6-15(11-14)25-2/h4-8,11H,9-10,12-13H2,1-3H3/b8-7+. The summed E-state index contributed by atoms with van der Waals surface area (Å²) < 4.78 is 22.2. The molecule has 146 valence electrons. The monoisotopic (exact) mass is 381 g/mol. The molecule has 2 aliphatic heterocycles. The number of nitrogens with zero attached hydrogens (tertiary/aromatic N) is 1. The Morgan fingerprint density at radius 3 is 2.75 bits per heavy atom. The van der Waals surface area contributed by atoms with Gasteiger partial charge in [-0.3, -0.25) is 4.79 Å². The van der Waals surface area contributed by atoms with Crippen LogP contribution in [0, 0.1) is 0 Å². The van der Waals surface area contributed by atoms with Crippen LogP contribution < -0.4 is 18.9 Å². The molecular formula is C22H23NO5. The Morgan fingerprint density at radius 1 is 1.14 bits per heavy atom. The van der Waals surface area contributed by atoms with E-state index in [2.05, 4.69) is 11.9 Å². The maximum Gasteiger partial charge on any atom is 0.231 e. The topological polar surface area (TPSA) is 57.2 Å². The second-order valence-electron chi connectivity index (χ2n) is 6.89. The third-order valence-corrected chi connectivity index (χ3v) is 5.13. The van der Waals surface area contributed by atoms with Crippen LogP contribution in [-0.2, 0) is 13.0 Å². The molecule has 0 fully saturated rings. The fourth-order valence-corrected chi connectivity index (χ4v) is 3.77. The Labute approximate surface area is 164 Å². The van der Waals surface area contributed by atoms with E-state index in [9.17, 15) is 4.79 Å². The zero-order valence-electron chi connectivity index (χ0n) is 16.3. The number of hydrogen-bond donors (Lipinski definition) is 0. The number of fused-ring (bicyclic) bond motifs is 2. The fraction of sp³-hybridized carbons (Fsp3) is 0.318. The molecule has 2 aromatic rings. The van der Waals surface area contributed by atoms with Gasteiger partial charge >= 0.3 is 0 Å². The van der Waals surface area contributed by atoms with Crippen molar-refractivity contribution in [2.24, 2.45) is 0 Å². The Kier molecular flexibility index (Phi) is 4.96. The third-order valence-electron chi connectivity index (χ3n) is 5.13. The molecule has 0 aromatic heterocycles. The molecule has 0 radical (unpaired) electrons. The lowest BCUT2D eigenvalue weighted by molar-refractivity contribution is 0.104. The van der Waals surface area contributed by atoms with Crippen LogP contribution in [-0.4, -0.2) is 45.3 Å². The molecule has 6 heteroatoms. The Bertz CT molecular complexity index is 950. The highest BCUT2D eigenvalue weighted by molar-refractivity contribution is 6.11. The molecule has 0 spiro atoms. The molecule has 0 bridgehead atoms. The van der Waals surface area contributed by atoms with Gasteiger partial charge in [0.25, 0.3) is 0 Å². The van der Waals surface area contributed by atoms with Gasteiger partial charge in [-0.05, 0) is 42.8 Å². The summed E-state index contributed by atoms with van der Waals surface area (Å²) in [6.07, 6.45) is 4.13. The molecule has 28 heavy (non-hydrogen) atoms. The van der Waals surface area contributed by atoms with Crippen molar-refractivity contribution in [3.05, 3.63) is 52.6 Å². The van der Waals surface area contributed by atoms with Gasteiger partial charge in [-0.2, -0.15) is 0 Å². The zero-order chi connectivity index (χ0) is 19.7. The lowest BCUT2D eigenvalue weighted by atomic mass is 9.90. The normalized spacial score (nSPS) is 15.5. The minimum Gasteiger partial charge on any atom is -0.497 e. The van der Waals surface area contributed by atoms with Crippen LogP contribution in [0.3, 0.4) is 0 Å². The van der Waals surface area contributed by atoms with E-state index >= 15 is 0 Å². The number of benzene rings is 2. The lowest BCUT2D eigenvalue weighted by Crippen LogP contribution is -2.28. The number of carbonyl (C=O) groups is 1. The van der Waals surface area contributed by atoms with Crippen LogP contribution in [0.25, 0.3) is 6.08 Å². The van der Waals surface area contributed by atoms with E-state index in [0.717, 1.165) is 35.4 Å². The number of ketones is 1. The Balaban J connectivity index is 1.77. The highest BCUT2D eigenvalue weighted by atomic mass is 16.7. The smallest absolute Gasteiger partial charge is 0.231 e. The maximum absolute atomic E-state index is 13.2. The van der Waals surface area contributed by atoms with Crippen molar-refractivity contribution in [3.63, 3.8) is 0 Å². The van der Waals surface area contributed by atoms with Gasteiger partial charge in [-0.1, -0.05) is 18.2 Å². The van der Waals surface area contributed by atoms with Crippen molar-refractivity contribution < 1.29 is 23.7 Å². The highest BCUT2D eigenvalue weighted by Crippen LogP contribution is 2.49. The van der Waals surface area contributed by atoms with E-state index in [1.807, 2.05) is 24.3 Å². The van der Waals surface area contributed by atoms with Crippen molar-refractivity contribution in [1.82, 2.24) is 4.90 Å². The SMILES string of the molecule is COc1cccc(/C=C/C(=O)c2c3c(c(OC)c4c2OCO4)CN(C)CC3)c1. The number of hydrogen-bond acceptors (Lipinski definition) is 6. The van der Waals surface area contributed by atoms with Crippen molar-refractivity contribution in [2.45, 2.75) is 13.0 Å². The van der Waals surface area contributed by atoms with Gasteiger partial charge in [0.2, 0.25) is 12.5 Å². The first kappa shape index (κ1) is 18.4. The van der Waals surface area contributed by atoms with E-state index < -0.39 is 0 Å². The number of likely N-dealkylation sites (N-methyl/N-ethyl adjacent to an activating group) is 1. The number of rotatable bonds is 5. The average Bonchev–Trinajstić information content (AvgIpc) is 3.19. The van der Waals surface area contributed by atoms with E-state index in [4.69, 9.17) is 18.9 Å². The van der Waals surface area contributed by atoms with Gasteiger partial charge in [0.15, 0.2) is 17.3 Å². The molecule has 0 unspecified atom stereocenters. The average molecular weight is 381 g/mol. The molecule has 2 aliphatic rings. The summed E-state index contributed by atoms with van der Waals surface area (Å²) in [7, 11) is 5.29. The first-order valence-corrected chi connectivity index (χ1v) is 9.18. The van der Waals surface area contributed by atoms with Gasteiger partial charge < -0.3 is 23.8 Å². The molecule has 0 N–H and O–H groups in total. The number of allylic oxidation sites excluding steroid dienone is 1. The van der Waals surface area contributed by atoms with Crippen LogP contribution in [0.2, 0.25) is 0 Å². The first-order chi connectivity index (χ1) is 13.6. The first-order valence-electron chi connectivity index (χ1n) is 9.18. The van der Waals surface area contributed by atoms with E-state index in [1.165, 1.54) is 0 Å². The van der Waals surface area contributed by atoms with Crippen molar-refractivity contribution >= 4 is 11.9 Å². The number of methoxy groups -OCH3 is 2. The summed E-state index contributed by atoms with van der Waals surface area (Å²) in [5.41, 5.74) is 3.46. The highest BCUT2D eigenvalue weighted by Gasteiger charge is 2.34. The van der Waals surface area contributed by atoms with Crippen LogP contribution in [0.1, 0.15) is 27.0 Å². The second kappa shape index (κ2) is 7.56. The predicted molar refractivity (Wildman–Crippen MR) is 106 cm³/mol. The molecule has 0 aliphatic carbocycles. The molecule has 2 heterocycles. The fourth-order valence-electron chi connectivity index (χ4n) is 3.77. The summed E-state index contributed by atoms with van der Waals surface area (Å²) in [5, 5.41) is 0.